The molecule has 0 amide bonds. The lowest BCUT2D eigenvalue weighted by Crippen LogP contribution is -2.41. The molecule has 2 aliphatic rings. The summed E-state index contributed by atoms with van der Waals surface area (Å²) in [7, 11) is 0. The van der Waals surface area contributed by atoms with E-state index in [1.54, 1.807) is 0 Å². The largest absolute Gasteiger partial charge is 0.378 e. The van der Waals surface area contributed by atoms with Crippen molar-refractivity contribution in [1.29, 1.82) is 0 Å². The summed E-state index contributed by atoms with van der Waals surface area (Å²) in [4.78, 5) is 0. The molecule has 1 aliphatic heterocycles. The van der Waals surface area contributed by atoms with Gasteiger partial charge in [-0.2, -0.15) is 0 Å². The fourth-order valence-electron chi connectivity index (χ4n) is 2.71. The lowest BCUT2D eigenvalue weighted by atomic mass is 9.89. The quantitative estimate of drug-likeness (QED) is 0.712. The van der Waals surface area contributed by atoms with E-state index in [0.717, 1.165) is 13.0 Å². The summed E-state index contributed by atoms with van der Waals surface area (Å²) >= 11 is 0. The molecule has 0 radical (unpaired) electrons. The third-order valence-electron chi connectivity index (χ3n) is 3.51. The van der Waals surface area contributed by atoms with Crippen LogP contribution in [0.4, 0.5) is 0 Å². The number of hydrogen-bond donors (Lipinski definition) is 1. The Morgan fingerprint density at radius 3 is 2.54 bits per heavy atom. The maximum Gasteiger partial charge on any atom is 0.0592 e. The third kappa shape index (κ3) is 2.44. The van der Waals surface area contributed by atoms with Crippen molar-refractivity contribution in [2.24, 2.45) is 5.73 Å². The van der Waals surface area contributed by atoms with E-state index < -0.39 is 0 Å². The van der Waals surface area contributed by atoms with Gasteiger partial charge in [0.25, 0.3) is 0 Å². The predicted octanol–water partition coefficient (Wildman–Crippen LogP) is 2.22. The minimum Gasteiger partial charge on any atom is -0.378 e. The van der Waals surface area contributed by atoms with Crippen molar-refractivity contribution in [3.05, 3.63) is 0 Å². The Morgan fingerprint density at radius 1 is 1.15 bits per heavy atom. The first kappa shape index (κ1) is 9.47. The Kier molecular flexibility index (Phi) is 2.89. The van der Waals surface area contributed by atoms with Crippen molar-refractivity contribution in [2.75, 3.05) is 6.61 Å². The molecule has 2 N–H and O–H groups in total. The van der Waals surface area contributed by atoms with Gasteiger partial charge in [-0.3, -0.25) is 0 Å². The lowest BCUT2D eigenvalue weighted by Gasteiger charge is -2.31. The zero-order valence-corrected chi connectivity index (χ0v) is 8.43. The number of hydrogen-bond acceptors (Lipinski definition) is 2. The van der Waals surface area contributed by atoms with E-state index in [9.17, 15) is 0 Å². The van der Waals surface area contributed by atoms with Crippen LogP contribution < -0.4 is 5.73 Å². The fraction of sp³-hybridized carbons (Fsp3) is 1.00. The number of nitrogens with two attached hydrogens (primary N) is 1. The second kappa shape index (κ2) is 3.97. The Balaban J connectivity index is 1.81. The van der Waals surface area contributed by atoms with Crippen LogP contribution in [0.25, 0.3) is 0 Å². The molecule has 1 unspecified atom stereocenters. The zero-order chi connectivity index (χ0) is 9.15. The first-order valence-electron chi connectivity index (χ1n) is 5.69. The van der Waals surface area contributed by atoms with Gasteiger partial charge in [-0.15, -0.1) is 0 Å². The van der Waals surface area contributed by atoms with Crippen LogP contribution in [0, 0.1) is 0 Å². The average Bonchev–Trinajstić information content (AvgIpc) is 2.54. The van der Waals surface area contributed by atoms with Gasteiger partial charge >= 0.3 is 0 Å². The average molecular weight is 183 g/mol. The molecule has 0 aromatic carbocycles. The SMILES string of the molecule is NC1(CC2CCCCO2)CCCC1. The second-order valence-corrected chi connectivity index (χ2v) is 4.76. The molecule has 2 rings (SSSR count). The summed E-state index contributed by atoms with van der Waals surface area (Å²) in [5, 5.41) is 0. The highest BCUT2D eigenvalue weighted by atomic mass is 16.5. The van der Waals surface area contributed by atoms with Gasteiger partial charge in [0.15, 0.2) is 0 Å². The van der Waals surface area contributed by atoms with Crippen LogP contribution >= 0.6 is 0 Å². The summed E-state index contributed by atoms with van der Waals surface area (Å²) in [6.07, 6.45) is 10.5. The standard InChI is InChI=1S/C11H21NO/c12-11(6-2-3-7-11)9-10-5-1-4-8-13-10/h10H,1-9,12H2. The summed E-state index contributed by atoms with van der Waals surface area (Å²) in [5.74, 6) is 0. The van der Waals surface area contributed by atoms with E-state index in [2.05, 4.69) is 0 Å². The molecular formula is C11H21NO. The number of rotatable bonds is 2. The van der Waals surface area contributed by atoms with Crippen LogP contribution in [0.3, 0.4) is 0 Å². The van der Waals surface area contributed by atoms with Crippen LogP contribution in [0.15, 0.2) is 0 Å². The molecule has 2 fully saturated rings. The monoisotopic (exact) mass is 183 g/mol. The summed E-state index contributed by atoms with van der Waals surface area (Å²) in [6.45, 7) is 0.959. The molecule has 76 valence electrons. The molecule has 0 aromatic rings. The van der Waals surface area contributed by atoms with E-state index >= 15 is 0 Å². The molecule has 2 heteroatoms. The predicted molar refractivity (Wildman–Crippen MR) is 53.6 cm³/mol. The molecule has 1 saturated heterocycles. The molecule has 1 aliphatic carbocycles. The molecule has 0 spiro atoms. The first-order valence-corrected chi connectivity index (χ1v) is 5.69. The molecule has 13 heavy (non-hydrogen) atoms. The number of ether oxygens (including phenoxy) is 1. The second-order valence-electron chi connectivity index (χ2n) is 4.76. The van der Waals surface area contributed by atoms with Crippen LogP contribution in [0.1, 0.15) is 51.4 Å². The van der Waals surface area contributed by atoms with Gasteiger partial charge in [0, 0.05) is 12.1 Å². The van der Waals surface area contributed by atoms with E-state index in [0.29, 0.717) is 6.10 Å². The Bertz CT molecular complexity index is 157. The Morgan fingerprint density at radius 2 is 1.92 bits per heavy atom. The molecule has 0 bridgehead atoms. The van der Waals surface area contributed by atoms with Gasteiger partial charge in [-0.25, -0.2) is 0 Å². The lowest BCUT2D eigenvalue weighted by molar-refractivity contribution is -0.00171. The van der Waals surface area contributed by atoms with Gasteiger partial charge in [0.05, 0.1) is 6.10 Å². The van der Waals surface area contributed by atoms with Crippen molar-refractivity contribution in [1.82, 2.24) is 0 Å². The summed E-state index contributed by atoms with van der Waals surface area (Å²) < 4.78 is 5.73. The Hall–Kier alpha value is -0.0800. The van der Waals surface area contributed by atoms with Crippen LogP contribution in [0.5, 0.6) is 0 Å². The zero-order valence-electron chi connectivity index (χ0n) is 8.43. The molecule has 2 nitrogen and oxygen atoms in total. The smallest absolute Gasteiger partial charge is 0.0592 e. The summed E-state index contributed by atoms with van der Waals surface area (Å²) in [5.41, 5.74) is 6.44. The topological polar surface area (TPSA) is 35.2 Å². The van der Waals surface area contributed by atoms with Gasteiger partial charge in [0.2, 0.25) is 0 Å². The van der Waals surface area contributed by atoms with E-state index in [-0.39, 0.29) is 5.54 Å². The molecule has 1 saturated carbocycles. The molecule has 1 atom stereocenters. The van der Waals surface area contributed by atoms with Crippen molar-refractivity contribution in [3.8, 4) is 0 Å². The van der Waals surface area contributed by atoms with Crippen molar-refractivity contribution in [2.45, 2.75) is 63.0 Å². The van der Waals surface area contributed by atoms with Crippen LogP contribution in [0.2, 0.25) is 0 Å². The Labute approximate surface area is 80.8 Å². The van der Waals surface area contributed by atoms with Crippen molar-refractivity contribution >= 4 is 0 Å². The van der Waals surface area contributed by atoms with E-state index in [1.165, 1.54) is 44.9 Å². The van der Waals surface area contributed by atoms with Gasteiger partial charge < -0.3 is 10.5 Å². The minimum atomic E-state index is 0.127. The molecule has 1 heterocycles. The highest BCUT2D eigenvalue weighted by Gasteiger charge is 2.32. The highest BCUT2D eigenvalue weighted by Crippen LogP contribution is 2.33. The normalized spacial score (nSPS) is 33.5. The van der Waals surface area contributed by atoms with Crippen LogP contribution in [-0.4, -0.2) is 18.2 Å². The molecule has 0 aromatic heterocycles. The fourth-order valence-corrected chi connectivity index (χ4v) is 2.71. The van der Waals surface area contributed by atoms with Gasteiger partial charge in [-0.1, -0.05) is 12.8 Å². The van der Waals surface area contributed by atoms with Crippen molar-refractivity contribution < 1.29 is 4.74 Å². The van der Waals surface area contributed by atoms with Crippen LogP contribution in [-0.2, 0) is 4.74 Å². The minimum absolute atomic E-state index is 0.127. The third-order valence-corrected chi connectivity index (χ3v) is 3.51. The van der Waals surface area contributed by atoms with Crippen molar-refractivity contribution in [3.63, 3.8) is 0 Å². The highest BCUT2D eigenvalue weighted by molar-refractivity contribution is 4.91. The van der Waals surface area contributed by atoms with E-state index in [1.807, 2.05) is 0 Å². The summed E-state index contributed by atoms with van der Waals surface area (Å²) in [6, 6.07) is 0. The van der Waals surface area contributed by atoms with E-state index in [4.69, 9.17) is 10.5 Å². The molecular weight excluding hydrogens is 162 g/mol. The first-order chi connectivity index (χ1) is 6.29. The maximum atomic E-state index is 6.31. The van der Waals surface area contributed by atoms with Gasteiger partial charge in [0.1, 0.15) is 0 Å². The maximum absolute atomic E-state index is 6.31. The van der Waals surface area contributed by atoms with Gasteiger partial charge in [-0.05, 0) is 38.5 Å².